The molecule has 0 atom stereocenters. The van der Waals surface area contributed by atoms with Crippen molar-refractivity contribution in [2.75, 3.05) is 6.54 Å². The Morgan fingerprint density at radius 3 is 2.29 bits per heavy atom. The second-order valence-electron chi connectivity index (χ2n) is 5.94. The topological polar surface area (TPSA) is 54.5 Å². The molecule has 0 bridgehead atoms. The summed E-state index contributed by atoms with van der Waals surface area (Å²) in [5.41, 5.74) is -0.0995. The van der Waals surface area contributed by atoms with Crippen LogP contribution in [0.2, 0.25) is 10.0 Å². The number of imide groups is 1. The first-order valence-corrected chi connectivity index (χ1v) is 7.27. The van der Waals surface area contributed by atoms with Crippen LogP contribution in [0, 0.1) is 5.41 Å². The number of benzene rings is 1. The average Bonchev–Trinajstić information content (AvgIpc) is 2.32. The molecule has 0 saturated carbocycles. The fourth-order valence-electron chi connectivity index (χ4n) is 2.33. The Balaban J connectivity index is 2.16. The minimum atomic E-state index is -0.377. The maximum absolute atomic E-state index is 12.2. The summed E-state index contributed by atoms with van der Waals surface area (Å²) in [7, 11) is 0. The largest absolute Gasteiger partial charge is 0.292 e. The smallest absolute Gasteiger partial charge is 0.230 e. The third-order valence-corrected chi connectivity index (χ3v) is 3.94. The monoisotopic (exact) mass is 327 g/mol. The molecule has 1 aromatic rings. The van der Waals surface area contributed by atoms with Crippen molar-refractivity contribution in [1.82, 2.24) is 4.90 Å². The lowest BCUT2D eigenvalue weighted by molar-refractivity contribution is -0.151. The van der Waals surface area contributed by atoms with Crippen LogP contribution in [0.25, 0.3) is 0 Å². The van der Waals surface area contributed by atoms with Gasteiger partial charge in [-0.25, -0.2) is 0 Å². The number of carbonyl (C=O) groups is 3. The summed E-state index contributed by atoms with van der Waals surface area (Å²) in [4.78, 5) is 37.3. The molecule has 112 valence electrons. The molecule has 1 fully saturated rings. The Morgan fingerprint density at radius 1 is 1.19 bits per heavy atom. The number of Topliss-reactive ketones (excluding diaryl/α,β-unsaturated/α-hetero) is 1. The predicted octanol–water partition coefficient (Wildman–Crippen LogP) is 3.35. The molecule has 6 heteroatoms. The van der Waals surface area contributed by atoms with Gasteiger partial charge in [-0.05, 0) is 23.6 Å². The van der Waals surface area contributed by atoms with Crippen LogP contribution >= 0.6 is 23.2 Å². The fraction of sp³-hybridized carbons (Fsp3) is 0.400. The van der Waals surface area contributed by atoms with Gasteiger partial charge in [-0.1, -0.05) is 37.0 Å². The summed E-state index contributed by atoms with van der Waals surface area (Å²) in [6.45, 7) is 3.44. The Kier molecular flexibility index (Phi) is 4.40. The number of amides is 2. The van der Waals surface area contributed by atoms with Crippen LogP contribution < -0.4 is 0 Å². The number of likely N-dealkylation sites (tertiary alicyclic amines) is 1. The first-order chi connectivity index (χ1) is 9.69. The van der Waals surface area contributed by atoms with Crippen LogP contribution in [-0.4, -0.2) is 29.0 Å². The molecule has 2 amide bonds. The minimum absolute atomic E-state index is 0.213. The van der Waals surface area contributed by atoms with Crippen molar-refractivity contribution >= 4 is 40.8 Å². The van der Waals surface area contributed by atoms with Crippen LogP contribution in [0.15, 0.2) is 18.2 Å². The lowest BCUT2D eigenvalue weighted by atomic mass is 9.81. The number of hydrogen-bond acceptors (Lipinski definition) is 3. The van der Waals surface area contributed by atoms with Gasteiger partial charge in [0.15, 0.2) is 5.78 Å². The second kappa shape index (κ2) is 5.78. The number of halogens is 2. The first kappa shape index (κ1) is 16.0. The van der Waals surface area contributed by atoms with Gasteiger partial charge in [-0.15, -0.1) is 0 Å². The Labute approximate surface area is 133 Å². The quantitative estimate of drug-likeness (QED) is 0.631. The highest BCUT2D eigenvalue weighted by Crippen LogP contribution is 2.31. The highest BCUT2D eigenvalue weighted by molar-refractivity contribution is 6.37. The molecule has 0 unspecified atom stereocenters. The Hall–Kier alpha value is -1.39. The van der Waals surface area contributed by atoms with Gasteiger partial charge in [0, 0.05) is 23.4 Å². The summed E-state index contributed by atoms with van der Waals surface area (Å²) >= 11 is 11.7. The molecule has 1 aliphatic rings. The fourth-order valence-corrected chi connectivity index (χ4v) is 2.85. The zero-order valence-corrected chi connectivity index (χ0v) is 13.3. The number of hydrogen-bond donors (Lipinski definition) is 0. The first-order valence-electron chi connectivity index (χ1n) is 6.51. The minimum Gasteiger partial charge on any atom is -0.292 e. The van der Waals surface area contributed by atoms with Gasteiger partial charge in [0.05, 0.1) is 11.6 Å². The van der Waals surface area contributed by atoms with Gasteiger partial charge < -0.3 is 0 Å². The maximum Gasteiger partial charge on any atom is 0.230 e. The molecule has 0 N–H and O–H groups in total. The van der Waals surface area contributed by atoms with E-state index in [0.29, 0.717) is 5.02 Å². The van der Waals surface area contributed by atoms with Gasteiger partial charge in [0.25, 0.3) is 0 Å². The van der Waals surface area contributed by atoms with E-state index in [1.54, 1.807) is 6.07 Å². The molecule has 2 rings (SSSR count). The number of ketones is 1. The van der Waals surface area contributed by atoms with Gasteiger partial charge in [0.1, 0.15) is 0 Å². The normalized spacial score (nSPS) is 18.0. The molecule has 1 saturated heterocycles. The molecule has 21 heavy (non-hydrogen) atoms. The molecule has 0 aromatic heterocycles. The van der Waals surface area contributed by atoms with Crippen LogP contribution in [0.1, 0.15) is 37.0 Å². The van der Waals surface area contributed by atoms with Crippen molar-refractivity contribution < 1.29 is 14.4 Å². The summed E-state index contributed by atoms with van der Waals surface area (Å²) in [6, 6.07) is 4.50. The van der Waals surface area contributed by atoms with Crippen molar-refractivity contribution in [2.24, 2.45) is 5.41 Å². The Morgan fingerprint density at radius 2 is 1.76 bits per heavy atom. The molecule has 0 aliphatic carbocycles. The van der Waals surface area contributed by atoms with Crippen LogP contribution in [0.3, 0.4) is 0 Å². The van der Waals surface area contributed by atoms with Crippen LogP contribution in [0.5, 0.6) is 0 Å². The molecular weight excluding hydrogens is 313 g/mol. The van der Waals surface area contributed by atoms with Crippen molar-refractivity contribution in [3.8, 4) is 0 Å². The van der Waals surface area contributed by atoms with E-state index < -0.39 is 0 Å². The van der Waals surface area contributed by atoms with Gasteiger partial charge in [-0.3, -0.25) is 19.3 Å². The van der Waals surface area contributed by atoms with E-state index in [0.717, 1.165) is 4.90 Å². The van der Waals surface area contributed by atoms with E-state index in [4.69, 9.17) is 23.2 Å². The third kappa shape index (κ3) is 3.63. The lowest BCUT2D eigenvalue weighted by Crippen LogP contribution is -2.48. The summed E-state index contributed by atoms with van der Waals surface area (Å²) in [6.07, 6.45) is 0.501. The Bertz CT molecular complexity index is 605. The zero-order chi connectivity index (χ0) is 15.8. The molecule has 1 aromatic carbocycles. The van der Waals surface area contributed by atoms with E-state index in [1.165, 1.54) is 12.1 Å². The molecule has 1 heterocycles. The zero-order valence-electron chi connectivity index (χ0n) is 11.8. The predicted molar refractivity (Wildman–Crippen MR) is 80.5 cm³/mol. The van der Waals surface area contributed by atoms with Crippen molar-refractivity contribution in [1.29, 1.82) is 0 Å². The third-order valence-electron chi connectivity index (χ3n) is 3.39. The summed E-state index contributed by atoms with van der Waals surface area (Å²) < 4.78 is 0. The number of nitrogens with zero attached hydrogens (tertiary/aromatic N) is 1. The molecule has 1 aliphatic heterocycles. The van der Waals surface area contributed by atoms with Gasteiger partial charge in [-0.2, -0.15) is 0 Å². The van der Waals surface area contributed by atoms with Crippen molar-refractivity contribution in [3.63, 3.8) is 0 Å². The van der Waals surface area contributed by atoms with E-state index in [2.05, 4.69) is 0 Å². The van der Waals surface area contributed by atoms with Crippen molar-refractivity contribution in [3.05, 3.63) is 33.8 Å². The second-order valence-corrected chi connectivity index (χ2v) is 6.78. The molecule has 4 nitrogen and oxygen atoms in total. The van der Waals surface area contributed by atoms with E-state index in [-0.39, 0.29) is 53.0 Å². The maximum atomic E-state index is 12.2. The number of piperidine rings is 1. The van der Waals surface area contributed by atoms with E-state index >= 15 is 0 Å². The highest BCUT2D eigenvalue weighted by Gasteiger charge is 2.38. The highest BCUT2D eigenvalue weighted by atomic mass is 35.5. The summed E-state index contributed by atoms with van der Waals surface area (Å²) in [5, 5.41) is 0.633. The SMILES string of the molecule is CC1(C)CC(=O)N(CC(=O)c2ccc(Cl)cc2Cl)C(=O)C1. The molecular formula is C15H15Cl2NO3. The van der Waals surface area contributed by atoms with Gasteiger partial charge in [0.2, 0.25) is 11.8 Å². The van der Waals surface area contributed by atoms with Crippen molar-refractivity contribution in [2.45, 2.75) is 26.7 Å². The van der Waals surface area contributed by atoms with E-state index in [1.807, 2.05) is 13.8 Å². The number of carbonyl (C=O) groups excluding carboxylic acids is 3. The lowest BCUT2D eigenvalue weighted by Gasteiger charge is -2.34. The van der Waals surface area contributed by atoms with E-state index in [9.17, 15) is 14.4 Å². The molecule has 0 spiro atoms. The standard InChI is InChI=1S/C15H15Cl2NO3/c1-15(2)6-13(20)18(14(21)7-15)8-12(19)10-4-3-9(16)5-11(10)17/h3-5H,6-8H2,1-2H3. The van der Waals surface area contributed by atoms with Crippen LogP contribution in [0.4, 0.5) is 0 Å². The van der Waals surface area contributed by atoms with Crippen LogP contribution in [-0.2, 0) is 9.59 Å². The average molecular weight is 328 g/mol. The van der Waals surface area contributed by atoms with Gasteiger partial charge >= 0.3 is 0 Å². The summed E-state index contributed by atoms with van der Waals surface area (Å²) in [5.74, 6) is -1.03. The molecule has 0 radical (unpaired) electrons. The number of rotatable bonds is 3.